The molecular formula is C18H19N3O3. The first-order valence-electron chi connectivity index (χ1n) is 7.74. The van der Waals surface area contributed by atoms with E-state index in [1.807, 2.05) is 13.0 Å². The molecular weight excluding hydrogens is 306 g/mol. The number of rotatable bonds is 5. The number of aromatic nitrogens is 2. The highest BCUT2D eigenvalue weighted by Gasteiger charge is 2.10. The Labute approximate surface area is 139 Å². The Morgan fingerprint density at radius 1 is 1.08 bits per heavy atom. The van der Waals surface area contributed by atoms with Crippen LogP contribution >= 0.6 is 0 Å². The number of pyridine rings is 1. The number of hydrogen-bond acceptors (Lipinski definition) is 3. The van der Waals surface area contributed by atoms with Crippen molar-refractivity contribution in [3.05, 3.63) is 59.1 Å². The Balaban J connectivity index is 1.78. The number of benzene rings is 1. The maximum atomic E-state index is 12.2. The summed E-state index contributed by atoms with van der Waals surface area (Å²) in [6.45, 7) is 2.69. The van der Waals surface area contributed by atoms with Crippen LogP contribution in [0.5, 0.6) is 5.75 Å². The van der Waals surface area contributed by atoms with E-state index >= 15 is 0 Å². The lowest BCUT2D eigenvalue weighted by molar-refractivity contribution is -0.116. The zero-order valence-electron chi connectivity index (χ0n) is 13.7. The van der Waals surface area contributed by atoms with Gasteiger partial charge in [0.15, 0.2) is 0 Å². The van der Waals surface area contributed by atoms with Gasteiger partial charge >= 0.3 is 0 Å². The van der Waals surface area contributed by atoms with E-state index in [0.717, 1.165) is 11.3 Å². The molecule has 2 aromatic heterocycles. The molecule has 0 saturated carbocycles. The van der Waals surface area contributed by atoms with Gasteiger partial charge in [-0.15, -0.1) is 0 Å². The maximum absolute atomic E-state index is 12.2. The monoisotopic (exact) mass is 325 g/mol. The molecule has 0 bridgehead atoms. The minimum atomic E-state index is -0.155. The number of amides is 1. The predicted molar refractivity (Wildman–Crippen MR) is 93.5 cm³/mol. The number of ether oxygens (including phenoxy) is 1. The Morgan fingerprint density at radius 2 is 1.79 bits per heavy atom. The van der Waals surface area contributed by atoms with Gasteiger partial charge in [-0.2, -0.15) is 0 Å². The average molecular weight is 325 g/mol. The van der Waals surface area contributed by atoms with E-state index in [4.69, 9.17) is 4.74 Å². The van der Waals surface area contributed by atoms with E-state index in [2.05, 4.69) is 5.32 Å². The van der Waals surface area contributed by atoms with Gasteiger partial charge in [-0.25, -0.2) is 0 Å². The van der Waals surface area contributed by atoms with Gasteiger partial charge in [-0.3, -0.25) is 9.59 Å². The van der Waals surface area contributed by atoms with Crippen LogP contribution in [0.2, 0.25) is 0 Å². The molecule has 1 amide bonds. The van der Waals surface area contributed by atoms with Gasteiger partial charge in [-0.1, -0.05) is 0 Å². The summed E-state index contributed by atoms with van der Waals surface area (Å²) in [5.74, 6) is 0.578. The van der Waals surface area contributed by atoms with E-state index in [-0.39, 0.29) is 18.0 Å². The van der Waals surface area contributed by atoms with Crippen LogP contribution < -0.4 is 15.6 Å². The number of methoxy groups -OCH3 is 1. The third kappa shape index (κ3) is 3.03. The minimum Gasteiger partial charge on any atom is -0.497 e. The summed E-state index contributed by atoms with van der Waals surface area (Å²) >= 11 is 0. The Hall–Kier alpha value is -3.02. The van der Waals surface area contributed by atoms with Crippen molar-refractivity contribution >= 4 is 22.5 Å². The molecule has 3 rings (SSSR count). The number of hydrogen-bond donors (Lipinski definition) is 1. The van der Waals surface area contributed by atoms with Crippen LogP contribution in [-0.2, 0) is 17.9 Å². The van der Waals surface area contributed by atoms with E-state index in [9.17, 15) is 9.59 Å². The molecule has 0 aliphatic carbocycles. The second-order valence-corrected chi connectivity index (χ2v) is 5.43. The van der Waals surface area contributed by atoms with Crippen molar-refractivity contribution in [1.29, 1.82) is 0 Å². The van der Waals surface area contributed by atoms with Gasteiger partial charge in [0.25, 0.3) is 5.56 Å². The topological polar surface area (TPSA) is 65.3 Å². The largest absolute Gasteiger partial charge is 0.497 e. The molecule has 0 atom stereocenters. The molecule has 6 nitrogen and oxygen atoms in total. The number of carbonyl (C=O) groups excluding carboxylic acids is 1. The molecule has 0 saturated heterocycles. The highest BCUT2D eigenvalue weighted by molar-refractivity contribution is 5.92. The Bertz CT molecular complexity index is 923. The third-order valence-corrected chi connectivity index (χ3v) is 3.94. The van der Waals surface area contributed by atoms with Crippen molar-refractivity contribution in [2.45, 2.75) is 20.0 Å². The summed E-state index contributed by atoms with van der Waals surface area (Å²) in [6, 6.07) is 10.8. The fourth-order valence-corrected chi connectivity index (χ4v) is 2.65. The summed E-state index contributed by atoms with van der Waals surface area (Å²) in [5, 5.41) is 3.46. The second-order valence-electron chi connectivity index (χ2n) is 5.43. The highest BCUT2D eigenvalue weighted by atomic mass is 16.5. The summed E-state index contributed by atoms with van der Waals surface area (Å²) in [7, 11) is 1.59. The zero-order valence-corrected chi connectivity index (χ0v) is 13.7. The van der Waals surface area contributed by atoms with Crippen LogP contribution in [0, 0.1) is 0 Å². The second kappa shape index (κ2) is 6.62. The smallest absolute Gasteiger partial charge is 0.259 e. The lowest BCUT2D eigenvalue weighted by Gasteiger charge is -2.09. The van der Waals surface area contributed by atoms with Crippen LogP contribution in [0.3, 0.4) is 0 Å². The SMILES string of the molecule is CCn1ccc2c(ccn2CC(=O)Nc2ccc(OC)cc2)c1=O. The van der Waals surface area contributed by atoms with Crippen molar-refractivity contribution in [1.82, 2.24) is 9.13 Å². The molecule has 0 fully saturated rings. The molecule has 3 aromatic rings. The minimum absolute atomic E-state index is 0.0377. The lowest BCUT2D eigenvalue weighted by Crippen LogP contribution is -2.20. The summed E-state index contributed by atoms with van der Waals surface area (Å²) in [4.78, 5) is 24.5. The molecule has 1 aromatic carbocycles. The van der Waals surface area contributed by atoms with Gasteiger partial charge in [-0.05, 0) is 43.3 Å². The number of anilines is 1. The van der Waals surface area contributed by atoms with Gasteiger partial charge in [0, 0.05) is 24.6 Å². The quantitative estimate of drug-likeness (QED) is 0.784. The Morgan fingerprint density at radius 3 is 2.46 bits per heavy atom. The molecule has 0 radical (unpaired) electrons. The summed E-state index contributed by atoms with van der Waals surface area (Å²) < 4.78 is 8.51. The molecule has 0 aliphatic rings. The standard InChI is InChI=1S/C18H19N3O3/c1-3-20-11-9-16-15(18(20)23)8-10-21(16)12-17(22)19-13-4-6-14(24-2)7-5-13/h4-11H,3,12H2,1-2H3,(H,19,22). The van der Waals surface area contributed by atoms with Gasteiger partial charge in [0.1, 0.15) is 12.3 Å². The molecule has 0 unspecified atom stereocenters. The number of aryl methyl sites for hydroxylation is 1. The number of carbonyl (C=O) groups is 1. The molecule has 124 valence electrons. The Kier molecular flexibility index (Phi) is 4.37. The number of nitrogens with one attached hydrogen (secondary N) is 1. The molecule has 1 N–H and O–H groups in total. The highest BCUT2D eigenvalue weighted by Crippen LogP contribution is 2.16. The summed E-state index contributed by atoms with van der Waals surface area (Å²) in [5.41, 5.74) is 1.42. The van der Waals surface area contributed by atoms with Crippen molar-refractivity contribution in [3.8, 4) is 5.75 Å². The van der Waals surface area contributed by atoms with Crippen LogP contribution in [0.15, 0.2) is 53.6 Å². The maximum Gasteiger partial charge on any atom is 0.259 e. The molecule has 24 heavy (non-hydrogen) atoms. The van der Waals surface area contributed by atoms with Gasteiger partial charge < -0.3 is 19.2 Å². The van der Waals surface area contributed by atoms with E-state index < -0.39 is 0 Å². The lowest BCUT2D eigenvalue weighted by atomic mass is 10.3. The van der Waals surface area contributed by atoms with E-state index in [0.29, 0.717) is 17.6 Å². The average Bonchev–Trinajstić information content (AvgIpc) is 2.99. The first-order valence-corrected chi connectivity index (χ1v) is 7.74. The van der Waals surface area contributed by atoms with Crippen molar-refractivity contribution in [3.63, 3.8) is 0 Å². The molecule has 6 heteroatoms. The van der Waals surface area contributed by atoms with E-state index in [1.54, 1.807) is 59.0 Å². The number of nitrogens with zero attached hydrogens (tertiary/aromatic N) is 2. The van der Waals surface area contributed by atoms with Crippen LogP contribution in [0.1, 0.15) is 6.92 Å². The van der Waals surface area contributed by atoms with Crippen LogP contribution in [0.25, 0.3) is 10.9 Å². The van der Waals surface area contributed by atoms with Crippen LogP contribution in [-0.4, -0.2) is 22.2 Å². The molecule has 2 heterocycles. The first-order chi connectivity index (χ1) is 11.6. The predicted octanol–water partition coefficient (Wildman–Crippen LogP) is 2.47. The van der Waals surface area contributed by atoms with Crippen molar-refractivity contribution in [2.75, 3.05) is 12.4 Å². The van der Waals surface area contributed by atoms with E-state index in [1.165, 1.54) is 0 Å². The fourth-order valence-electron chi connectivity index (χ4n) is 2.65. The fraction of sp³-hybridized carbons (Fsp3) is 0.222. The van der Waals surface area contributed by atoms with Gasteiger partial charge in [0.05, 0.1) is 18.0 Å². The van der Waals surface area contributed by atoms with Gasteiger partial charge in [0.2, 0.25) is 5.91 Å². The molecule has 0 aliphatic heterocycles. The summed E-state index contributed by atoms with van der Waals surface area (Å²) in [6.07, 6.45) is 3.52. The third-order valence-electron chi connectivity index (χ3n) is 3.94. The molecule has 0 spiro atoms. The number of fused-ring (bicyclic) bond motifs is 1. The van der Waals surface area contributed by atoms with Crippen molar-refractivity contribution < 1.29 is 9.53 Å². The first kappa shape index (κ1) is 15.9. The zero-order chi connectivity index (χ0) is 17.1. The van der Waals surface area contributed by atoms with Crippen molar-refractivity contribution in [2.24, 2.45) is 0 Å². The van der Waals surface area contributed by atoms with Crippen LogP contribution in [0.4, 0.5) is 5.69 Å². The normalized spacial score (nSPS) is 10.8.